The first-order valence-electron chi connectivity index (χ1n) is 8.50. The summed E-state index contributed by atoms with van der Waals surface area (Å²) in [6, 6.07) is 23.1. The van der Waals surface area contributed by atoms with Crippen molar-refractivity contribution in [3.63, 3.8) is 0 Å². The number of hydrogen-bond donors (Lipinski definition) is 0. The molecular weight excluding hydrogens is 392 g/mol. The lowest BCUT2D eigenvalue weighted by molar-refractivity contribution is 0.414. The normalized spacial score (nSPS) is 11.0. The van der Waals surface area contributed by atoms with Gasteiger partial charge in [0.2, 0.25) is 0 Å². The van der Waals surface area contributed by atoms with E-state index in [0.29, 0.717) is 0 Å². The maximum absolute atomic E-state index is 5.20. The number of nitrogens with zero attached hydrogens (tertiary/aromatic N) is 2. The zero-order chi connectivity index (χ0) is 18.5. The Bertz CT molecular complexity index is 1030. The molecule has 4 rings (SSSR count). The number of methoxy groups -OCH3 is 1. The molecule has 0 aliphatic rings. The molecule has 0 aliphatic carbocycles. The van der Waals surface area contributed by atoms with Crippen LogP contribution in [0.3, 0.4) is 0 Å². The highest BCUT2D eigenvalue weighted by molar-refractivity contribution is 8.02. The average molecular weight is 411 g/mol. The van der Waals surface area contributed by atoms with Crippen LogP contribution in [0.15, 0.2) is 75.4 Å². The third-order valence-corrected chi connectivity index (χ3v) is 7.45. The van der Waals surface area contributed by atoms with Gasteiger partial charge in [-0.1, -0.05) is 89.5 Å². The summed E-state index contributed by atoms with van der Waals surface area (Å²) < 4.78 is 7.22. The third-order valence-electron chi connectivity index (χ3n) is 4.14. The quantitative estimate of drug-likeness (QED) is 0.335. The monoisotopic (exact) mass is 410 g/mol. The summed E-state index contributed by atoms with van der Waals surface area (Å²) in [6.07, 6.45) is 0. The fourth-order valence-corrected chi connectivity index (χ4v) is 5.72. The van der Waals surface area contributed by atoms with Crippen molar-refractivity contribution in [3.8, 4) is 5.75 Å². The molecule has 3 aromatic carbocycles. The van der Waals surface area contributed by atoms with Crippen LogP contribution >= 0.6 is 34.9 Å². The highest BCUT2D eigenvalue weighted by Crippen LogP contribution is 2.33. The van der Waals surface area contributed by atoms with E-state index in [1.165, 1.54) is 21.9 Å². The summed E-state index contributed by atoms with van der Waals surface area (Å²) in [6.45, 7) is 0. The van der Waals surface area contributed by atoms with Crippen molar-refractivity contribution in [1.82, 2.24) is 10.2 Å². The molecule has 1 heterocycles. The molecule has 0 amide bonds. The molecule has 0 N–H and O–H groups in total. The minimum Gasteiger partial charge on any atom is -0.497 e. The van der Waals surface area contributed by atoms with Gasteiger partial charge in [-0.25, -0.2) is 0 Å². The molecule has 6 heteroatoms. The zero-order valence-corrected chi connectivity index (χ0v) is 17.2. The third kappa shape index (κ3) is 4.64. The first-order chi connectivity index (χ1) is 13.3. The van der Waals surface area contributed by atoms with Gasteiger partial charge in [-0.15, -0.1) is 10.2 Å². The molecule has 0 radical (unpaired) electrons. The van der Waals surface area contributed by atoms with Crippen LogP contribution in [0.1, 0.15) is 11.1 Å². The molecule has 4 aromatic rings. The van der Waals surface area contributed by atoms with E-state index in [1.807, 2.05) is 12.1 Å². The van der Waals surface area contributed by atoms with E-state index in [0.717, 1.165) is 25.9 Å². The Morgan fingerprint density at radius 1 is 0.815 bits per heavy atom. The van der Waals surface area contributed by atoms with Crippen LogP contribution in [-0.4, -0.2) is 17.3 Å². The van der Waals surface area contributed by atoms with Gasteiger partial charge >= 0.3 is 0 Å². The zero-order valence-electron chi connectivity index (χ0n) is 14.8. The van der Waals surface area contributed by atoms with Crippen LogP contribution in [0.2, 0.25) is 0 Å². The van der Waals surface area contributed by atoms with Crippen molar-refractivity contribution in [1.29, 1.82) is 0 Å². The van der Waals surface area contributed by atoms with Gasteiger partial charge in [-0.3, -0.25) is 0 Å². The molecule has 1 aromatic heterocycles. The second kappa shape index (κ2) is 8.78. The maximum Gasteiger partial charge on any atom is 0.175 e. The number of fused-ring (bicyclic) bond motifs is 1. The van der Waals surface area contributed by atoms with Gasteiger partial charge in [-0.2, -0.15) is 0 Å². The number of hydrogen-bond acceptors (Lipinski definition) is 6. The Balaban J connectivity index is 1.36. The predicted molar refractivity (Wildman–Crippen MR) is 116 cm³/mol. The van der Waals surface area contributed by atoms with E-state index in [1.54, 1.807) is 42.0 Å². The molecular formula is C21H18N2OS3. The molecule has 0 saturated carbocycles. The molecule has 0 saturated heterocycles. The topological polar surface area (TPSA) is 35.0 Å². The van der Waals surface area contributed by atoms with Crippen molar-refractivity contribution in [2.75, 3.05) is 7.11 Å². The van der Waals surface area contributed by atoms with Crippen molar-refractivity contribution in [2.45, 2.75) is 20.2 Å². The Labute approximate surface area is 171 Å². The van der Waals surface area contributed by atoms with E-state index in [-0.39, 0.29) is 0 Å². The summed E-state index contributed by atoms with van der Waals surface area (Å²) in [4.78, 5) is 0. The Hall–Kier alpha value is -2.02. The van der Waals surface area contributed by atoms with Gasteiger partial charge in [0.05, 0.1) is 7.11 Å². The molecule has 0 fully saturated rings. The maximum atomic E-state index is 5.20. The second-order valence-corrected chi connectivity index (χ2v) is 9.32. The summed E-state index contributed by atoms with van der Waals surface area (Å²) in [7, 11) is 1.68. The lowest BCUT2D eigenvalue weighted by atomic mass is 10.1. The Kier molecular flexibility index (Phi) is 5.97. The van der Waals surface area contributed by atoms with Gasteiger partial charge < -0.3 is 4.74 Å². The first kappa shape index (κ1) is 18.3. The Morgan fingerprint density at radius 3 is 2.30 bits per heavy atom. The molecule has 136 valence electrons. The summed E-state index contributed by atoms with van der Waals surface area (Å²) in [5.41, 5.74) is 2.58. The van der Waals surface area contributed by atoms with Crippen LogP contribution in [-0.2, 0) is 11.5 Å². The fourth-order valence-electron chi connectivity index (χ4n) is 2.74. The van der Waals surface area contributed by atoms with Gasteiger partial charge in [0, 0.05) is 11.5 Å². The molecule has 0 atom stereocenters. The first-order valence-corrected chi connectivity index (χ1v) is 11.3. The van der Waals surface area contributed by atoms with E-state index in [9.17, 15) is 0 Å². The van der Waals surface area contributed by atoms with Gasteiger partial charge in [-0.05, 0) is 34.0 Å². The van der Waals surface area contributed by atoms with Crippen LogP contribution in [0.4, 0.5) is 0 Å². The van der Waals surface area contributed by atoms with Gasteiger partial charge in [0.1, 0.15) is 5.75 Å². The highest BCUT2D eigenvalue weighted by Gasteiger charge is 2.08. The lowest BCUT2D eigenvalue weighted by Gasteiger charge is -2.04. The van der Waals surface area contributed by atoms with Crippen molar-refractivity contribution in [3.05, 3.63) is 77.9 Å². The average Bonchev–Trinajstić information content (AvgIpc) is 3.19. The molecule has 0 bridgehead atoms. The van der Waals surface area contributed by atoms with Crippen molar-refractivity contribution >= 4 is 45.6 Å². The van der Waals surface area contributed by atoms with Crippen LogP contribution in [0.5, 0.6) is 5.75 Å². The summed E-state index contributed by atoms with van der Waals surface area (Å²) in [5.74, 6) is 2.66. The minimum absolute atomic E-state index is 0.881. The highest BCUT2D eigenvalue weighted by atomic mass is 32.2. The summed E-state index contributed by atoms with van der Waals surface area (Å²) >= 11 is 5.14. The van der Waals surface area contributed by atoms with Crippen molar-refractivity contribution in [2.24, 2.45) is 0 Å². The Morgan fingerprint density at radius 2 is 1.52 bits per heavy atom. The van der Waals surface area contributed by atoms with Crippen LogP contribution < -0.4 is 4.74 Å². The van der Waals surface area contributed by atoms with E-state index in [4.69, 9.17) is 4.74 Å². The molecule has 0 spiro atoms. The van der Waals surface area contributed by atoms with Crippen LogP contribution in [0, 0.1) is 0 Å². The lowest BCUT2D eigenvalue weighted by Crippen LogP contribution is -1.84. The van der Waals surface area contributed by atoms with Crippen LogP contribution in [0.25, 0.3) is 10.8 Å². The number of aromatic nitrogens is 2. The van der Waals surface area contributed by atoms with E-state index >= 15 is 0 Å². The van der Waals surface area contributed by atoms with E-state index < -0.39 is 0 Å². The fraction of sp³-hybridized carbons (Fsp3) is 0.143. The molecule has 0 unspecified atom stereocenters. The predicted octanol–water partition coefficient (Wildman–Crippen LogP) is 6.28. The summed E-state index contributed by atoms with van der Waals surface area (Å²) in [5, 5.41) is 11.3. The van der Waals surface area contributed by atoms with Gasteiger partial charge in [0.25, 0.3) is 0 Å². The molecule has 3 nitrogen and oxygen atoms in total. The van der Waals surface area contributed by atoms with E-state index in [2.05, 4.69) is 64.8 Å². The number of ether oxygens (including phenoxy) is 1. The number of thioether (sulfide) groups is 2. The standard InChI is InChI=1S/C21H18N2OS3/c1-24-18-11-9-15(10-12-18)13-25-20-22-23-21(27-20)26-14-17-7-4-6-16-5-2-3-8-19(16)17/h2-12H,13-14H2,1H3. The smallest absolute Gasteiger partial charge is 0.175 e. The number of benzene rings is 3. The molecule has 27 heavy (non-hydrogen) atoms. The SMILES string of the molecule is COc1ccc(CSc2nnc(SCc3cccc4ccccc34)s2)cc1. The number of rotatable bonds is 7. The van der Waals surface area contributed by atoms with Gasteiger partial charge in [0.15, 0.2) is 8.68 Å². The minimum atomic E-state index is 0.881. The van der Waals surface area contributed by atoms with Crippen molar-refractivity contribution < 1.29 is 4.74 Å². The molecule has 0 aliphatic heterocycles. The largest absolute Gasteiger partial charge is 0.497 e. The second-order valence-electron chi connectivity index (χ2n) is 5.90.